The maximum atomic E-state index is 11.8. The van der Waals surface area contributed by atoms with Gasteiger partial charge in [0.15, 0.2) is 0 Å². The lowest BCUT2D eigenvalue weighted by Crippen LogP contribution is -2.27. The lowest BCUT2D eigenvalue weighted by molar-refractivity contribution is 0.195. The molecule has 5 heteroatoms. The van der Waals surface area contributed by atoms with E-state index in [2.05, 4.69) is 5.32 Å². The largest absolute Gasteiger partial charge is 0.298 e. The van der Waals surface area contributed by atoms with Crippen LogP contribution in [0.25, 0.3) is 0 Å². The summed E-state index contributed by atoms with van der Waals surface area (Å²) in [7, 11) is -3.62. The molecule has 1 unspecified atom stereocenters. The molecule has 1 atom stereocenters. The van der Waals surface area contributed by atoms with Gasteiger partial charge in [-0.25, -0.2) is 4.18 Å². The molecule has 0 spiro atoms. The third-order valence-electron chi connectivity index (χ3n) is 2.57. The van der Waals surface area contributed by atoms with E-state index in [1.54, 1.807) is 24.3 Å². The average Bonchev–Trinajstić information content (AvgIpc) is 2.70. The first-order valence-corrected chi connectivity index (χ1v) is 6.72. The second kappa shape index (κ2) is 4.53. The molecule has 88 valence electrons. The van der Waals surface area contributed by atoms with E-state index in [0.717, 1.165) is 24.9 Å². The smallest absolute Gasteiger partial charge is 0.291 e. The predicted molar refractivity (Wildman–Crippen MR) is 60.5 cm³/mol. The molecule has 1 aromatic rings. The molecule has 1 N–H and O–H groups in total. The molecule has 0 bridgehead atoms. The van der Waals surface area contributed by atoms with Crippen molar-refractivity contribution < 1.29 is 12.6 Å². The first-order chi connectivity index (χ1) is 7.58. The van der Waals surface area contributed by atoms with Crippen molar-refractivity contribution in [2.45, 2.75) is 30.9 Å². The number of rotatable bonds is 3. The van der Waals surface area contributed by atoms with Crippen LogP contribution < -0.4 is 5.32 Å². The number of benzene rings is 1. The predicted octanol–water partition coefficient (Wildman–Crippen LogP) is 1.41. The Hall–Kier alpha value is -0.910. The van der Waals surface area contributed by atoms with Crippen molar-refractivity contribution >= 4 is 10.1 Å². The maximum absolute atomic E-state index is 11.8. The lowest BCUT2D eigenvalue weighted by Gasteiger charge is -2.11. The van der Waals surface area contributed by atoms with Crippen molar-refractivity contribution in [1.29, 1.82) is 0 Å². The summed E-state index contributed by atoms with van der Waals surface area (Å²) in [5.41, 5.74) is 1.03. The van der Waals surface area contributed by atoms with Gasteiger partial charge in [0, 0.05) is 0 Å². The van der Waals surface area contributed by atoms with Crippen LogP contribution in [0.4, 0.5) is 0 Å². The number of aryl methyl sites for hydroxylation is 1. The Morgan fingerprint density at radius 2 is 2.00 bits per heavy atom. The molecule has 1 aromatic carbocycles. The fourth-order valence-electron chi connectivity index (χ4n) is 1.65. The summed E-state index contributed by atoms with van der Waals surface area (Å²) in [4.78, 5) is 0.215. The summed E-state index contributed by atoms with van der Waals surface area (Å²) in [5.74, 6) is 0. The number of nitrogens with one attached hydrogen (secondary N) is 1. The first kappa shape index (κ1) is 11.6. The van der Waals surface area contributed by atoms with E-state index in [1.165, 1.54) is 0 Å². The molecule has 0 aromatic heterocycles. The zero-order chi connectivity index (χ0) is 11.6. The van der Waals surface area contributed by atoms with Gasteiger partial charge in [-0.2, -0.15) is 8.42 Å². The second-order valence-electron chi connectivity index (χ2n) is 3.95. The van der Waals surface area contributed by atoms with Gasteiger partial charge in [-0.05, 0) is 38.4 Å². The summed E-state index contributed by atoms with van der Waals surface area (Å²) in [6.07, 6.45) is 1.32. The van der Waals surface area contributed by atoms with Crippen molar-refractivity contribution in [3.8, 4) is 0 Å². The molecule has 1 aliphatic rings. The Kier molecular flexibility index (Phi) is 3.28. The van der Waals surface area contributed by atoms with Crippen molar-refractivity contribution in [3.05, 3.63) is 29.8 Å². The standard InChI is InChI=1S/C11H15NO3S/c1-9-4-6-10(7-5-9)16(13,14)15-11-3-2-8-12-11/h4-7,11-12H,2-3,8H2,1H3. The van der Waals surface area contributed by atoms with E-state index in [1.807, 2.05) is 6.92 Å². The van der Waals surface area contributed by atoms with Crippen LogP contribution in [0.15, 0.2) is 29.2 Å². The van der Waals surface area contributed by atoms with Gasteiger partial charge in [0.1, 0.15) is 6.23 Å². The minimum absolute atomic E-state index is 0.215. The Labute approximate surface area is 95.7 Å². The van der Waals surface area contributed by atoms with Gasteiger partial charge in [0.2, 0.25) is 0 Å². The van der Waals surface area contributed by atoms with Crippen LogP contribution in [0.1, 0.15) is 18.4 Å². The van der Waals surface area contributed by atoms with Crippen LogP contribution in [-0.4, -0.2) is 21.2 Å². The Balaban J connectivity index is 2.14. The van der Waals surface area contributed by atoms with E-state index in [-0.39, 0.29) is 11.1 Å². The fraction of sp³-hybridized carbons (Fsp3) is 0.455. The van der Waals surface area contributed by atoms with E-state index in [9.17, 15) is 8.42 Å². The monoisotopic (exact) mass is 241 g/mol. The van der Waals surface area contributed by atoms with Gasteiger partial charge in [-0.3, -0.25) is 5.32 Å². The summed E-state index contributed by atoms with van der Waals surface area (Å²) in [6, 6.07) is 6.66. The first-order valence-electron chi connectivity index (χ1n) is 5.31. The summed E-state index contributed by atoms with van der Waals surface area (Å²) < 4.78 is 28.8. The maximum Gasteiger partial charge on any atom is 0.298 e. The van der Waals surface area contributed by atoms with E-state index in [0.29, 0.717) is 0 Å². The highest BCUT2D eigenvalue weighted by atomic mass is 32.2. The molecular weight excluding hydrogens is 226 g/mol. The zero-order valence-electron chi connectivity index (χ0n) is 9.14. The third kappa shape index (κ3) is 2.61. The Morgan fingerprint density at radius 1 is 1.31 bits per heavy atom. The molecule has 0 saturated carbocycles. The molecule has 0 aliphatic carbocycles. The molecule has 1 heterocycles. The topological polar surface area (TPSA) is 55.4 Å². The van der Waals surface area contributed by atoms with Gasteiger partial charge >= 0.3 is 0 Å². The highest BCUT2D eigenvalue weighted by Gasteiger charge is 2.23. The van der Waals surface area contributed by atoms with Gasteiger partial charge in [-0.1, -0.05) is 17.7 Å². The molecule has 2 rings (SSSR count). The van der Waals surface area contributed by atoms with Crippen LogP contribution in [0.2, 0.25) is 0 Å². The molecule has 1 saturated heterocycles. The quantitative estimate of drug-likeness (QED) is 0.813. The highest BCUT2D eigenvalue weighted by Crippen LogP contribution is 2.17. The molecule has 4 nitrogen and oxygen atoms in total. The SMILES string of the molecule is Cc1ccc(S(=O)(=O)OC2CCCN2)cc1. The molecule has 0 radical (unpaired) electrons. The van der Waals surface area contributed by atoms with Crippen LogP contribution in [-0.2, 0) is 14.3 Å². The minimum atomic E-state index is -3.62. The second-order valence-corrected chi connectivity index (χ2v) is 5.52. The molecule has 0 amide bonds. The number of hydrogen-bond donors (Lipinski definition) is 1. The normalized spacial score (nSPS) is 21.2. The van der Waals surface area contributed by atoms with Gasteiger partial charge in [-0.15, -0.1) is 0 Å². The van der Waals surface area contributed by atoms with Crippen molar-refractivity contribution in [2.75, 3.05) is 6.54 Å². The summed E-state index contributed by atoms with van der Waals surface area (Å²) >= 11 is 0. The minimum Gasteiger partial charge on any atom is -0.291 e. The Bertz CT molecular complexity index is 447. The van der Waals surface area contributed by atoms with E-state index >= 15 is 0 Å². The van der Waals surface area contributed by atoms with Crippen LogP contribution in [0.3, 0.4) is 0 Å². The molecule has 16 heavy (non-hydrogen) atoms. The lowest BCUT2D eigenvalue weighted by atomic mass is 10.2. The van der Waals surface area contributed by atoms with Gasteiger partial charge in [0.05, 0.1) is 4.90 Å². The van der Waals surface area contributed by atoms with Crippen molar-refractivity contribution in [2.24, 2.45) is 0 Å². The van der Waals surface area contributed by atoms with Gasteiger partial charge in [0.25, 0.3) is 10.1 Å². The van der Waals surface area contributed by atoms with Crippen LogP contribution >= 0.6 is 0 Å². The average molecular weight is 241 g/mol. The van der Waals surface area contributed by atoms with Crippen LogP contribution in [0, 0.1) is 6.92 Å². The zero-order valence-corrected chi connectivity index (χ0v) is 9.96. The fourth-order valence-corrected chi connectivity index (χ4v) is 2.70. The highest BCUT2D eigenvalue weighted by molar-refractivity contribution is 7.86. The van der Waals surface area contributed by atoms with Crippen molar-refractivity contribution in [3.63, 3.8) is 0 Å². The summed E-state index contributed by atoms with van der Waals surface area (Å²) in [5, 5.41) is 2.99. The number of hydrogen-bond acceptors (Lipinski definition) is 4. The van der Waals surface area contributed by atoms with Crippen LogP contribution in [0.5, 0.6) is 0 Å². The Morgan fingerprint density at radius 3 is 2.56 bits per heavy atom. The van der Waals surface area contributed by atoms with Crippen molar-refractivity contribution in [1.82, 2.24) is 5.32 Å². The molecule has 1 fully saturated rings. The molecule has 1 aliphatic heterocycles. The summed E-state index contributed by atoms with van der Waals surface area (Å²) in [6.45, 7) is 2.73. The van der Waals surface area contributed by atoms with E-state index < -0.39 is 10.1 Å². The molecular formula is C11H15NO3S. The van der Waals surface area contributed by atoms with Gasteiger partial charge < -0.3 is 0 Å². The third-order valence-corrected chi connectivity index (χ3v) is 3.90. The van der Waals surface area contributed by atoms with E-state index in [4.69, 9.17) is 4.18 Å².